The summed E-state index contributed by atoms with van der Waals surface area (Å²) in [6.45, 7) is 0.0161. The van der Waals surface area contributed by atoms with Gasteiger partial charge < -0.3 is 19.8 Å². The molecule has 3 N–H and O–H groups in total. The molecule has 1 heterocycles. The molecule has 1 saturated carbocycles. The minimum absolute atomic E-state index is 0.00970. The Balaban J connectivity index is 2.03. The van der Waals surface area contributed by atoms with E-state index in [9.17, 15) is 5.11 Å². The summed E-state index contributed by atoms with van der Waals surface area (Å²) in [5.74, 6) is 0.482. The zero-order valence-electron chi connectivity index (χ0n) is 10.2. The molecule has 19 heavy (non-hydrogen) atoms. The summed E-state index contributed by atoms with van der Waals surface area (Å²) in [6.07, 6.45) is 4.04. The summed E-state index contributed by atoms with van der Waals surface area (Å²) in [5.41, 5.74) is 0.386. The van der Waals surface area contributed by atoms with E-state index < -0.39 is 9.03 Å². The van der Waals surface area contributed by atoms with Gasteiger partial charge in [-0.1, -0.05) is 0 Å². The average Bonchev–Trinajstić information content (AvgIpc) is 2.82. The third-order valence-corrected chi connectivity index (χ3v) is 3.65. The quantitative estimate of drug-likeness (QED) is 0.671. The third-order valence-electron chi connectivity index (χ3n) is 3.24. The predicted molar refractivity (Wildman–Crippen MR) is 69.4 cm³/mol. The molecule has 4 atom stereocenters. The van der Waals surface area contributed by atoms with Crippen LogP contribution in [0.5, 0.6) is 0 Å². The van der Waals surface area contributed by atoms with Crippen molar-refractivity contribution in [3.63, 3.8) is 0 Å². The molecule has 102 valence electrons. The molecule has 0 spiro atoms. The van der Waals surface area contributed by atoms with E-state index in [-0.39, 0.29) is 24.7 Å². The molecule has 7 nitrogen and oxygen atoms in total. The lowest BCUT2D eigenvalue weighted by Gasteiger charge is -2.15. The van der Waals surface area contributed by atoms with Crippen molar-refractivity contribution >= 4 is 14.9 Å². The van der Waals surface area contributed by atoms with Crippen LogP contribution in [-0.2, 0) is 4.52 Å². The normalized spacial score (nSPS) is 26.7. The fourth-order valence-corrected chi connectivity index (χ4v) is 2.75. The van der Waals surface area contributed by atoms with Crippen molar-refractivity contribution in [2.24, 2.45) is 5.92 Å². The SMILES string of the molecule is N#Cc1cncnc1NC1CC(CO)[C@@H](OPO)C1. The Morgan fingerprint density at radius 2 is 2.42 bits per heavy atom. The van der Waals surface area contributed by atoms with Crippen LogP contribution >= 0.6 is 9.03 Å². The van der Waals surface area contributed by atoms with Crippen molar-refractivity contribution in [2.45, 2.75) is 25.0 Å². The van der Waals surface area contributed by atoms with Crippen molar-refractivity contribution in [2.75, 3.05) is 11.9 Å². The van der Waals surface area contributed by atoms with Crippen LogP contribution in [0, 0.1) is 17.2 Å². The van der Waals surface area contributed by atoms with E-state index in [1.165, 1.54) is 12.5 Å². The van der Waals surface area contributed by atoms with Crippen LogP contribution in [0.2, 0.25) is 0 Å². The average molecular weight is 282 g/mol. The number of aliphatic hydroxyl groups excluding tert-OH is 1. The summed E-state index contributed by atoms with van der Waals surface area (Å²) in [6, 6.07) is 2.08. The van der Waals surface area contributed by atoms with Gasteiger partial charge in [0.15, 0.2) is 9.03 Å². The van der Waals surface area contributed by atoms with Crippen molar-refractivity contribution < 1.29 is 14.5 Å². The number of hydrogen-bond acceptors (Lipinski definition) is 7. The second-order valence-electron chi connectivity index (χ2n) is 4.40. The summed E-state index contributed by atoms with van der Waals surface area (Å²) in [5, 5.41) is 21.4. The van der Waals surface area contributed by atoms with Gasteiger partial charge in [-0.05, 0) is 12.8 Å². The van der Waals surface area contributed by atoms with Crippen LogP contribution in [0.4, 0.5) is 5.82 Å². The molecular weight excluding hydrogens is 267 g/mol. The van der Waals surface area contributed by atoms with E-state index in [2.05, 4.69) is 15.3 Å². The van der Waals surface area contributed by atoms with Crippen LogP contribution in [0.3, 0.4) is 0 Å². The largest absolute Gasteiger partial charge is 0.396 e. The van der Waals surface area contributed by atoms with Crippen molar-refractivity contribution in [3.05, 3.63) is 18.1 Å². The van der Waals surface area contributed by atoms with Gasteiger partial charge in [0.25, 0.3) is 0 Å². The van der Waals surface area contributed by atoms with Gasteiger partial charge in [0.2, 0.25) is 0 Å². The Morgan fingerprint density at radius 1 is 1.58 bits per heavy atom. The van der Waals surface area contributed by atoms with E-state index >= 15 is 0 Å². The standard InChI is InChI=1S/C11H15N4O3P/c12-3-8-4-13-6-14-11(8)15-9-1-7(5-16)10(2-9)18-19-17/h4,6-7,9-10,16-17,19H,1-2,5H2,(H,13,14,15)/t7?,9?,10-/m0/s1. The number of aliphatic hydroxyl groups is 1. The minimum atomic E-state index is -0.581. The molecule has 1 aromatic rings. The van der Waals surface area contributed by atoms with E-state index in [1.807, 2.05) is 6.07 Å². The number of nitrogens with zero attached hydrogens (tertiary/aromatic N) is 3. The first-order chi connectivity index (χ1) is 9.28. The van der Waals surface area contributed by atoms with E-state index in [1.54, 1.807) is 0 Å². The van der Waals surface area contributed by atoms with Gasteiger partial charge in [-0.25, -0.2) is 9.97 Å². The first-order valence-electron chi connectivity index (χ1n) is 5.90. The number of aromatic nitrogens is 2. The Labute approximate surface area is 112 Å². The summed E-state index contributed by atoms with van der Waals surface area (Å²) in [7, 11) is -0.581. The number of hydrogen-bond donors (Lipinski definition) is 3. The van der Waals surface area contributed by atoms with Gasteiger partial charge in [0.1, 0.15) is 23.8 Å². The Bertz CT molecular complexity index is 467. The maximum Gasteiger partial charge on any atom is 0.152 e. The summed E-state index contributed by atoms with van der Waals surface area (Å²) in [4.78, 5) is 16.7. The van der Waals surface area contributed by atoms with E-state index in [4.69, 9.17) is 14.7 Å². The molecule has 2 rings (SSSR count). The van der Waals surface area contributed by atoms with Crippen molar-refractivity contribution in [3.8, 4) is 6.07 Å². The summed E-state index contributed by atoms with van der Waals surface area (Å²) < 4.78 is 5.22. The molecule has 1 aromatic heterocycles. The highest BCUT2D eigenvalue weighted by Crippen LogP contribution is 2.33. The predicted octanol–water partition coefficient (Wildman–Crippen LogP) is 0.417. The second-order valence-corrected chi connectivity index (χ2v) is 4.82. The molecule has 1 fully saturated rings. The van der Waals surface area contributed by atoms with Crippen LogP contribution in [0.25, 0.3) is 0 Å². The fourth-order valence-electron chi connectivity index (χ4n) is 2.33. The lowest BCUT2D eigenvalue weighted by Crippen LogP contribution is -2.18. The number of nitriles is 1. The topological polar surface area (TPSA) is 111 Å². The Hall–Kier alpha value is -1.32. The maximum absolute atomic E-state index is 9.28. The molecule has 0 bridgehead atoms. The monoisotopic (exact) mass is 282 g/mol. The molecule has 1 aliphatic rings. The molecule has 0 amide bonds. The number of nitrogens with one attached hydrogen (secondary N) is 1. The molecule has 1 aliphatic carbocycles. The second kappa shape index (κ2) is 6.73. The minimum Gasteiger partial charge on any atom is -0.396 e. The van der Waals surface area contributed by atoms with Gasteiger partial charge in [-0.15, -0.1) is 0 Å². The highest BCUT2D eigenvalue weighted by Gasteiger charge is 2.35. The smallest absolute Gasteiger partial charge is 0.152 e. The zero-order chi connectivity index (χ0) is 13.7. The first kappa shape index (κ1) is 14.1. The maximum atomic E-state index is 9.28. The van der Waals surface area contributed by atoms with Crippen molar-refractivity contribution in [1.82, 2.24) is 9.97 Å². The Kier molecular flexibility index (Phi) is 5.00. The highest BCUT2D eigenvalue weighted by atomic mass is 31.1. The third kappa shape index (κ3) is 3.37. The van der Waals surface area contributed by atoms with Gasteiger partial charge in [0, 0.05) is 18.6 Å². The van der Waals surface area contributed by atoms with Gasteiger partial charge >= 0.3 is 0 Å². The molecule has 0 aliphatic heterocycles. The lowest BCUT2D eigenvalue weighted by atomic mass is 10.1. The molecule has 0 radical (unpaired) electrons. The molecule has 0 saturated heterocycles. The number of anilines is 1. The van der Waals surface area contributed by atoms with Crippen LogP contribution in [-0.4, -0.2) is 38.7 Å². The first-order valence-corrected chi connectivity index (χ1v) is 6.76. The van der Waals surface area contributed by atoms with Gasteiger partial charge in [-0.3, -0.25) is 0 Å². The Morgan fingerprint density at radius 3 is 3.11 bits per heavy atom. The van der Waals surface area contributed by atoms with E-state index in [0.29, 0.717) is 24.2 Å². The fraction of sp³-hybridized carbons (Fsp3) is 0.545. The molecule has 0 aromatic carbocycles. The molecule has 8 heteroatoms. The van der Waals surface area contributed by atoms with Gasteiger partial charge in [0.05, 0.1) is 12.3 Å². The van der Waals surface area contributed by atoms with Crippen molar-refractivity contribution in [1.29, 1.82) is 5.26 Å². The molecular formula is C11H15N4O3P. The summed E-state index contributed by atoms with van der Waals surface area (Å²) >= 11 is 0. The van der Waals surface area contributed by atoms with Gasteiger partial charge in [-0.2, -0.15) is 5.26 Å². The van der Waals surface area contributed by atoms with E-state index in [0.717, 1.165) is 0 Å². The lowest BCUT2D eigenvalue weighted by molar-refractivity contribution is 0.116. The van der Waals surface area contributed by atoms with Crippen LogP contribution < -0.4 is 5.32 Å². The number of rotatable bonds is 5. The van der Waals surface area contributed by atoms with Crippen LogP contribution in [0.1, 0.15) is 18.4 Å². The highest BCUT2D eigenvalue weighted by molar-refractivity contribution is 7.25. The zero-order valence-corrected chi connectivity index (χ0v) is 11.2. The molecule has 3 unspecified atom stereocenters. The van der Waals surface area contributed by atoms with Crippen LogP contribution in [0.15, 0.2) is 12.5 Å².